The van der Waals surface area contributed by atoms with Gasteiger partial charge in [0, 0.05) is 36.8 Å². The molecule has 0 spiro atoms. The lowest BCUT2D eigenvalue weighted by Crippen LogP contribution is -2.46. The second-order valence-electron chi connectivity index (χ2n) is 7.43. The molecule has 1 N–H and O–H groups in total. The molecule has 1 aliphatic carbocycles. The minimum atomic E-state index is -0.699. The second-order valence-corrected chi connectivity index (χ2v) is 7.43. The Bertz CT molecular complexity index is 889. The van der Waals surface area contributed by atoms with Gasteiger partial charge < -0.3 is 15.0 Å². The first-order chi connectivity index (χ1) is 14.0. The molecule has 1 aromatic carbocycles. The first kappa shape index (κ1) is 19.4. The van der Waals surface area contributed by atoms with Crippen LogP contribution in [-0.2, 0) is 9.53 Å². The van der Waals surface area contributed by atoms with Crippen LogP contribution in [0.4, 0.5) is 19.4 Å². The van der Waals surface area contributed by atoms with Crippen molar-refractivity contribution in [3.8, 4) is 5.69 Å². The number of amides is 2. The van der Waals surface area contributed by atoms with Crippen molar-refractivity contribution < 1.29 is 23.1 Å². The number of cyclic esters (lactones) is 1. The van der Waals surface area contributed by atoms with Crippen LogP contribution in [0, 0.1) is 17.6 Å². The van der Waals surface area contributed by atoms with E-state index in [1.807, 2.05) is 0 Å². The molecule has 0 unspecified atom stereocenters. The Morgan fingerprint density at radius 1 is 1.14 bits per heavy atom. The van der Waals surface area contributed by atoms with E-state index in [1.165, 1.54) is 10.9 Å². The molecular formula is C20H22F2N4O3. The van der Waals surface area contributed by atoms with E-state index in [2.05, 4.69) is 10.4 Å². The third kappa shape index (κ3) is 4.38. The molecule has 29 heavy (non-hydrogen) atoms. The van der Waals surface area contributed by atoms with Crippen LogP contribution in [0.15, 0.2) is 30.5 Å². The predicted molar refractivity (Wildman–Crippen MR) is 101 cm³/mol. The molecule has 2 amide bonds. The molecule has 2 aliphatic rings. The molecule has 2 fully saturated rings. The van der Waals surface area contributed by atoms with Crippen molar-refractivity contribution >= 4 is 17.8 Å². The standard InChI is InChI=1S/C20H22F2N4O3/c21-14-10-15(22)12-17(11-14)26-8-6-18(24-26)23-19(27)13-2-4-16(5-3-13)25-7-1-9-29-20(25)28/h6,8,10-13,16H,1-5,7,9H2,(H,23,24,27)/t13-,16+. The number of nitrogens with one attached hydrogen (secondary N) is 1. The molecule has 4 rings (SSSR count). The van der Waals surface area contributed by atoms with Crippen LogP contribution < -0.4 is 5.32 Å². The number of anilines is 1. The van der Waals surface area contributed by atoms with Gasteiger partial charge in [-0.2, -0.15) is 5.10 Å². The Kier molecular flexibility index (Phi) is 5.46. The minimum absolute atomic E-state index is 0.119. The fraction of sp³-hybridized carbons (Fsp3) is 0.450. The number of hydrogen-bond donors (Lipinski definition) is 1. The third-order valence-corrected chi connectivity index (χ3v) is 5.46. The Labute approximate surface area is 166 Å². The quantitative estimate of drug-likeness (QED) is 0.846. The van der Waals surface area contributed by atoms with E-state index in [4.69, 9.17) is 4.74 Å². The number of rotatable bonds is 4. The Morgan fingerprint density at radius 3 is 2.55 bits per heavy atom. The summed E-state index contributed by atoms with van der Waals surface area (Å²) in [5.41, 5.74) is 0.233. The normalized spacial score (nSPS) is 22.3. The predicted octanol–water partition coefficient (Wildman–Crippen LogP) is 3.49. The van der Waals surface area contributed by atoms with Crippen LogP contribution in [0.3, 0.4) is 0 Å². The van der Waals surface area contributed by atoms with E-state index in [0.29, 0.717) is 31.8 Å². The molecule has 0 bridgehead atoms. The Hall–Kier alpha value is -2.97. The fourth-order valence-electron chi connectivity index (χ4n) is 3.98. The summed E-state index contributed by atoms with van der Waals surface area (Å²) in [6, 6.07) is 4.81. The summed E-state index contributed by atoms with van der Waals surface area (Å²) in [6.45, 7) is 1.18. The van der Waals surface area contributed by atoms with E-state index in [1.54, 1.807) is 11.0 Å². The minimum Gasteiger partial charge on any atom is -0.449 e. The lowest BCUT2D eigenvalue weighted by atomic mass is 9.84. The van der Waals surface area contributed by atoms with Crippen molar-refractivity contribution in [2.24, 2.45) is 5.92 Å². The fourth-order valence-corrected chi connectivity index (χ4v) is 3.98. The number of carbonyl (C=O) groups excluding carboxylic acids is 2. The number of carbonyl (C=O) groups is 2. The topological polar surface area (TPSA) is 76.5 Å². The van der Waals surface area contributed by atoms with Crippen LogP contribution in [0.1, 0.15) is 32.1 Å². The average Bonchev–Trinajstić information content (AvgIpc) is 3.16. The Morgan fingerprint density at radius 2 is 1.86 bits per heavy atom. The Balaban J connectivity index is 1.33. The highest BCUT2D eigenvalue weighted by Gasteiger charge is 2.33. The number of halogens is 2. The molecule has 9 heteroatoms. The molecule has 0 radical (unpaired) electrons. The molecule has 0 atom stereocenters. The summed E-state index contributed by atoms with van der Waals surface area (Å²) in [6.07, 6.45) is 4.97. The van der Waals surface area contributed by atoms with E-state index in [9.17, 15) is 18.4 Å². The number of hydrogen-bond acceptors (Lipinski definition) is 4. The van der Waals surface area contributed by atoms with Crippen molar-refractivity contribution in [3.05, 3.63) is 42.1 Å². The van der Waals surface area contributed by atoms with Gasteiger partial charge >= 0.3 is 6.09 Å². The van der Waals surface area contributed by atoms with Crippen LogP contribution in [0.25, 0.3) is 5.69 Å². The van der Waals surface area contributed by atoms with E-state index >= 15 is 0 Å². The number of ether oxygens (including phenoxy) is 1. The SMILES string of the molecule is O=C1OCCCN1[C@H]1CC[C@@H](C(=O)Nc2ccn(-c3cc(F)cc(F)c3)n2)CC1. The van der Waals surface area contributed by atoms with Gasteiger partial charge in [-0.3, -0.25) is 4.79 Å². The van der Waals surface area contributed by atoms with Crippen LogP contribution >= 0.6 is 0 Å². The van der Waals surface area contributed by atoms with Gasteiger partial charge in [-0.1, -0.05) is 0 Å². The highest BCUT2D eigenvalue weighted by molar-refractivity contribution is 5.91. The molecular weight excluding hydrogens is 382 g/mol. The molecule has 1 aromatic heterocycles. The summed E-state index contributed by atoms with van der Waals surface area (Å²) in [4.78, 5) is 26.2. The van der Waals surface area contributed by atoms with Crippen LogP contribution in [0.5, 0.6) is 0 Å². The monoisotopic (exact) mass is 404 g/mol. The van der Waals surface area contributed by atoms with E-state index < -0.39 is 11.6 Å². The third-order valence-electron chi connectivity index (χ3n) is 5.46. The molecule has 1 saturated heterocycles. The summed E-state index contributed by atoms with van der Waals surface area (Å²) in [7, 11) is 0. The summed E-state index contributed by atoms with van der Waals surface area (Å²) >= 11 is 0. The van der Waals surface area contributed by atoms with E-state index in [0.717, 1.165) is 37.5 Å². The van der Waals surface area contributed by atoms with Crippen molar-refractivity contribution in [2.75, 3.05) is 18.5 Å². The first-order valence-electron chi connectivity index (χ1n) is 9.76. The highest BCUT2D eigenvalue weighted by Crippen LogP contribution is 2.30. The summed E-state index contributed by atoms with van der Waals surface area (Å²) < 4.78 is 33.2. The number of nitrogens with zero attached hydrogens (tertiary/aromatic N) is 3. The highest BCUT2D eigenvalue weighted by atomic mass is 19.1. The summed E-state index contributed by atoms with van der Waals surface area (Å²) in [5.74, 6) is -1.38. The van der Waals surface area contributed by atoms with Crippen molar-refractivity contribution in [2.45, 2.75) is 38.1 Å². The van der Waals surface area contributed by atoms with Gasteiger partial charge in [-0.25, -0.2) is 18.3 Å². The average molecular weight is 404 g/mol. The number of aromatic nitrogens is 2. The molecule has 7 nitrogen and oxygen atoms in total. The maximum Gasteiger partial charge on any atom is 0.410 e. The zero-order valence-electron chi connectivity index (χ0n) is 15.8. The maximum atomic E-state index is 13.4. The summed E-state index contributed by atoms with van der Waals surface area (Å²) in [5, 5.41) is 6.95. The first-order valence-corrected chi connectivity index (χ1v) is 9.76. The molecule has 2 aromatic rings. The molecule has 1 aliphatic heterocycles. The van der Waals surface area contributed by atoms with Gasteiger partial charge in [0.05, 0.1) is 12.3 Å². The lowest BCUT2D eigenvalue weighted by molar-refractivity contribution is -0.121. The van der Waals surface area contributed by atoms with Crippen molar-refractivity contribution in [1.29, 1.82) is 0 Å². The lowest BCUT2D eigenvalue weighted by Gasteiger charge is -2.37. The van der Waals surface area contributed by atoms with E-state index in [-0.39, 0.29) is 29.6 Å². The van der Waals surface area contributed by atoms with Gasteiger partial charge in [-0.15, -0.1) is 0 Å². The molecule has 2 heterocycles. The van der Waals surface area contributed by atoms with Crippen molar-refractivity contribution in [1.82, 2.24) is 14.7 Å². The van der Waals surface area contributed by atoms with Gasteiger partial charge in [-0.05, 0) is 44.2 Å². The molecule has 154 valence electrons. The maximum absolute atomic E-state index is 13.4. The second kappa shape index (κ2) is 8.18. The smallest absolute Gasteiger partial charge is 0.410 e. The van der Waals surface area contributed by atoms with Gasteiger partial charge in [0.25, 0.3) is 0 Å². The van der Waals surface area contributed by atoms with Gasteiger partial charge in [0.2, 0.25) is 5.91 Å². The van der Waals surface area contributed by atoms with Gasteiger partial charge in [0.15, 0.2) is 5.82 Å². The zero-order valence-corrected chi connectivity index (χ0v) is 15.8. The largest absolute Gasteiger partial charge is 0.449 e. The molecule has 1 saturated carbocycles. The van der Waals surface area contributed by atoms with Crippen LogP contribution in [-0.4, -0.2) is 45.9 Å². The zero-order chi connectivity index (χ0) is 20.4. The van der Waals surface area contributed by atoms with Gasteiger partial charge in [0.1, 0.15) is 11.6 Å². The van der Waals surface area contributed by atoms with Crippen molar-refractivity contribution in [3.63, 3.8) is 0 Å². The van der Waals surface area contributed by atoms with Crippen LogP contribution in [0.2, 0.25) is 0 Å². The number of benzene rings is 1.